The van der Waals surface area contributed by atoms with Gasteiger partial charge < -0.3 is 5.32 Å². The summed E-state index contributed by atoms with van der Waals surface area (Å²) in [5.74, 6) is 0.662. The Morgan fingerprint density at radius 3 is 2.00 bits per heavy atom. The maximum atomic E-state index is 13.2. The van der Waals surface area contributed by atoms with Crippen LogP contribution in [0, 0.1) is 0 Å². The van der Waals surface area contributed by atoms with Crippen LogP contribution in [0.4, 0.5) is 0 Å². The second-order valence-electron chi connectivity index (χ2n) is 7.74. The van der Waals surface area contributed by atoms with Gasteiger partial charge in [-0.1, -0.05) is 91.0 Å². The first kappa shape index (κ1) is 19.4. The third-order valence-corrected chi connectivity index (χ3v) is 5.84. The molecule has 1 aliphatic heterocycles. The third-order valence-electron chi connectivity index (χ3n) is 5.84. The molecule has 0 bridgehead atoms. The zero-order valence-corrected chi connectivity index (χ0v) is 16.7. The lowest BCUT2D eigenvalue weighted by molar-refractivity contribution is -0.127. The van der Waals surface area contributed by atoms with E-state index in [-0.39, 0.29) is 11.9 Å². The highest BCUT2D eigenvalue weighted by Crippen LogP contribution is 2.32. The predicted octanol–water partition coefficient (Wildman–Crippen LogP) is 4.92. The summed E-state index contributed by atoms with van der Waals surface area (Å²) in [6, 6.07) is 30.8. The van der Waals surface area contributed by atoms with Crippen molar-refractivity contribution >= 4 is 5.91 Å². The van der Waals surface area contributed by atoms with Gasteiger partial charge in [-0.15, -0.1) is 0 Å². The topological polar surface area (TPSA) is 32.3 Å². The molecule has 1 unspecified atom stereocenters. The minimum absolute atomic E-state index is 0.0817. The molecule has 0 spiro atoms. The van der Waals surface area contributed by atoms with Crippen LogP contribution in [0.15, 0.2) is 91.0 Å². The molecule has 1 fully saturated rings. The zero-order chi connectivity index (χ0) is 19.9. The SMILES string of the molecule is O=C(NCc1ccccc1)C(c1ccccc1)N1CCC(c2ccccc2)CC1. The van der Waals surface area contributed by atoms with E-state index >= 15 is 0 Å². The van der Waals surface area contributed by atoms with Crippen LogP contribution < -0.4 is 5.32 Å². The number of piperidine rings is 1. The summed E-state index contributed by atoms with van der Waals surface area (Å²) in [6.45, 7) is 2.42. The monoisotopic (exact) mass is 384 g/mol. The van der Waals surface area contributed by atoms with Gasteiger partial charge in [0.25, 0.3) is 0 Å². The van der Waals surface area contributed by atoms with E-state index in [9.17, 15) is 4.79 Å². The molecule has 1 atom stereocenters. The van der Waals surface area contributed by atoms with Crippen LogP contribution in [-0.4, -0.2) is 23.9 Å². The Kier molecular flexibility index (Phi) is 6.38. The van der Waals surface area contributed by atoms with E-state index in [4.69, 9.17) is 0 Å². The summed E-state index contributed by atoms with van der Waals surface area (Å²) in [5, 5.41) is 3.16. The van der Waals surface area contributed by atoms with Gasteiger partial charge in [0, 0.05) is 6.54 Å². The Morgan fingerprint density at radius 1 is 0.828 bits per heavy atom. The first-order valence-corrected chi connectivity index (χ1v) is 10.5. The van der Waals surface area contributed by atoms with Crippen molar-refractivity contribution in [3.05, 3.63) is 108 Å². The molecule has 4 rings (SSSR count). The van der Waals surface area contributed by atoms with Gasteiger partial charge in [0.05, 0.1) is 0 Å². The summed E-state index contributed by atoms with van der Waals surface area (Å²) in [5.41, 5.74) is 3.60. The number of carbonyl (C=O) groups excluding carboxylic acids is 1. The second kappa shape index (κ2) is 9.53. The molecule has 1 amide bonds. The van der Waals surface area contributed by atoms with E-state index in [0.717, 1.165) is 37.1 Å². The number of hydrogen-bond acceptors (Lipinski definition) is 2. The van der Waals surface area contributed by atoms with Gasteiger partial charge in [-0.05, 0) is 48.5 Å². The molecule has 0 aromatic heterocycles. The van der Waals surface area contributed by atoms with Crippen molar-refractivity contribution in [2.75, 3.05) is 13.1 Å². The van der Waals surface area contributed by atoms with Crippen LogP contribution in [0.3, 0.4) is 0 Å². The number of nitrogens with zero attached hydrogens (tertiary/aromatic N) is 1. The van der Waals surface area contributed by atoms with E-state index in [1.165, 1.54) is 5.56 Å². The number of nitrogens with one attached hydrogen (secondary N) is 1. The van der Waals surface area contributed by atoms with Gasteiger partial charge in [0.15, 0.2) is 0 Å². The lowest BCUT2D eigenvalue weighted by Gasteiger charge is -2.37. The first-order chi connectivity index (χ1) is 14.3. The smallest absolute Gasteiger partial charge is 0.242 e. The molecule has 0 radical (unpaired) electrons. The standard InChI is InChI=1S/C26H28N2O/c29-26(27-20-21-10-4-1-5-11-21)25(24-14-8-3-9-15-24)28-18-16-23(17-19-28)22-12-6-2-7-13-22/h1-15,23,25H,16-20H2,(H,27,29). The summed E-state index contributed by atoms with van der Waals surface area (Å²) in [6.07, 6.45) is 2.17. The normalized spacial score (nSPS) is 16.3. The van der Waals surface area contributed by atoms with Crippen molar-refractivity contribution in [3.63, 3.8) is 0 Å². The zero-order valence-electron chi connectivity index (χ0n) is 16.7. The molecular weight excluding hydrogens is 356 g/mol. The molecule has 1 N–H and O–H groups in total. The predicted molar refractivity (Wildman–Crippen MR) is 117 cm³/mol. The number of amides is 1. The molecule has 148 valence electrons. The number of hydrogen-bond donors (Lipinski definition) is 1. The molecule has 0 saturated carbocycles. The fourth-order valence-corrected chi connectivity index (χ4v) is 4.26. The Hall–Kier alpha value is -2.91. The first-order valence-electron chi connectivity index (χ1n) is 10.5. The second-order valence-corrected chi connectivity index (χ2v) is 7.74. The molecule has 1 aliphatic rings. The number of carbonyl (C=O) groups is 1. The van der Waals surface area contributed by atoms with Gasteiger partial charge in [0.1, 0.15) is 6.04 Å². The summed E-state index contributed by atoms with van der Waals surface area (Å²) >= 11 is 0. The third kappa shape index (κ3) is 4.93. The lowest BCUT2D eigenvalue weighted by atomic mass is 9.88. The van der Waals surface area contributed by atoms with E-state index < -0.39 is 0 Å². The average molecular weight is 385 g/mol. The molecular formula is C26H28N2O. The highest BCUT2D eigenvalue weighted by Gasteiger charge is 2.31. The Balaban J connectivity index is 1.46. The van der Waals surface area contributed by atoms with Crippen molar-refractivity contribution < 1.29 is 4.79 Å². The highest BCUT2D eigenvalue weighted by molar-refractivity contribution is 5.83. The van der Waals surface area contributed by atoms with Crippen molar-refractivity contribution in [2.45, 2.75) is 31.3 Å². The van der Waals surface area contributed by atoms with Crippen molar-refractivity contribution in [1.29, 1.82) is 0 Å². The minimum atomic E-state index is -0.239. The molecule has 3 heteroatoms. The van der Waals surface area contributed by atoms with Crippen LogP contribution in [-0.2, 0) is 11.3 Å². The Labute approximate surface area is 173 Å². The Morgan fingerprint density at radius 2 is 1.38 bits per heavy atom. The van der Waals surface area contributed by atoms with Gasteiger partial charge in [-0.3, -0.25) is 9.69 Å². The number of rotatable bonds is 6. The number of likely N-dealkylation sites (tertiary alicyclic amines) is 1. The van der Waals surface area contributed by atoms with E-state index in [0.29, 0.717) is 12.5 Å². The fraction of sp³-hybridized carbons (Fsp3) is 0.269. The number of benzene rings is 3. The van der Waals surface area contributed by atoms with E-state index in [1.807, 2.05) is 48.5 Å². The molecule has 1 heterocycles. The van der Waals surface area contributed by atoms with Crippen molar-refractivity contribution in [2.24, 2.45) is 0 Å². The van der Waals surface area contributed by atoms with Crippen molar-refractivity contribution in [3.8, 4) is 0 Å². The molecule has 0 aliphatic carbocycles. The largest absolute Gasteiger partial charge is 0.350 e. The summed E-state index contributed by atoms with van der Waals surface area (Å²) < 4.78 is 0. The summed E-state index contributed by atoms with van der Waals surface area (Å²) in [4.78, 5) is 15.6. The quantitative estimate of drug-likeness (QED) is 0.654. The maximum absolute atomic E-state index is 13.2. The van der Waals surface area contributed by atoms with E-state index in [2.05, 4.69) is 52.7 Å². The summed E-state index contributed by atoms with van der Waals surface area (Å²) in [7, 11) is 0. The molecule has 29 heavy (non-hydrogen) atoms. The Bertz CT molecular complexity index is 888. The lowest BCUT2D eigenvalue weighted by Crippen LogP contribution is -2.43. The molecule has 3 nitrogen and oxygen atoms in total. The minimum Gasteiger partial charge on any atom is -0.350 e. The maximum Gasteiger partial charge on any atom is 0.242 e. The fourth-order valence-electron chi connectivity index (χ4n) is 4.26. The van der Waals surface area contributed by atoms with Crippen molar-refractivity contribution in [1.82, 2.24) is 10.2 Å². The van der Waals surface area contributed by atoms with Crippen LogP contribution in [0.1, 0.15) is 41.5 Å². The molecule has 3 aromatic rings. The van der Waals surface area contributed by atoms with Crippen LogP contribution in [0.2, 0.25) is 0 Å². The van der Waals surface area contributed by atoms with Gasteiger partial charge in [-0.2, -0.15) is 0 Å². The highest BCUT2D eigenvalue weighted by atomic mass is 16.2. The average Bonchev–Trinajstić information content (AvgIpc) is 2.80. The molecule has 1 saturated heterocycles. The van der Waals surface area contributed by atoms with Crippen LogP contribution in [0.5, 0.6) is 0 Å². The molecule has 3 aromatic carbocycles. The van der Waals surface area contributed by atoms with Crippen LogP contribution in [0.25, 0.3) is 0 Å². The van der Waals surface area contributed by atoms with E-state index in [1.54, 1.807) is 0 Å². The van der Waals surface area contributed by atoms with Gasteiger partial charge in [-0.25, -0.2) is 0 Å². The van der Waals surface area contributed by atoms with Crippen LogP contribution >= 0.6 is 0 Å². The van der Waals surface area contributed by atoms with Gasteiger partial charge >= 0.3 is 0 Å². The van der Waals surface area contributed by atoms with Gasteiger partial charge in [0.2, 0.25) is 5.91 Å².